The van der Waals surface area contributed by atoms with Crippen molar-refractivity contribution in [2.45, 2.75) is 19.3 Å². The fourth-order valence-electron chi connectivity index (χ4n) is 4.54. The van der Waals surface area contributed by atoms with Crippen LogP contribution >= 0.6 is 0 Å². The third-order valence-corrected chi connectivity index (χ3v) is 6.35. The van der Waals surface area contributed by atoms with E-state index < -0.39 is 4.92 Å². The topological polar surface area (TPSA) is 94.8 Å². The summed E-state index contributed by atoms with van der Waals surface area (Å²) < 4.78 is 0. The number of benzene rings is 3. The number of likely N-dealkylation sites (tertiary alicyclic amines) is 1. The molecule has 0 unspecified atom stereocenters. The van der Waals surface area contributed by atoms with Crippen molar-refractivity contribution in [3.8, 4) is 5.88 Å². The van der Waals surface area contributed by atoms with Gasteiger partial charge < -0.3 is 15.0 Å². The molecule has 7 heteroatoms. The highest BCUT2D eigenvalue weighted by Gasteiger charge is 2.21. The number of non-ortho nitro benzene ring substituents is 1. The molecule has 7 nitrogen and oxygen atoms in total. The van der Waals surface area contributed by atoms with Crippen molar-refractivity contribution < 1.29 is 10.0 Å². The van der Waals surface area contributed by atoms with E-state index in [0.29, 0.717) is 22.2 Å². The molecule has 1 aliphatic rings. The highest BCUT2D eigenvalue weighted by molar-refractivity contribution is 6.22. The van der Waals surface area contributed by atoms with Crippen LogP contribution in [0.25, 0.3) is 10.9 Å². The molecule has 2 heterocycles. The number of aromatic nitrogens is 1. The molecule has 5 rings (SSSR count). The SMILES string of the molecule is O=[N+]([O-])c1ccc2[nH]c(O)c(C(=Nc3ccc(CCN4CCCC4)cc3)c3ccccc3)c2c1. The van der Waals surface area contributed by atoms with E-state index in [1.807, 2.05) is 42.5 Å². The van der Waals surface area contributed by atoms with E-state index >= 15 is 0 Å². The minimum absolute atomic E-state index is 0.0393. The minimum atomic E-state index is -0.437. The number of rotatable bonds is 7. The monoisotopic (exact) mass is 454 g/mol. The molecule has 0 saturated carbocycles. The van der Waals surface area contributed by atoms with Crippen molar-refractivity contribution in [1.29, 1.82) is 0 Å². The van der Waals surface area contributed by atoms with E-state index in [9.17, 15) is 15.2 Å². The molecule has 1 saturated heterocycles. The van der Waals surface area contributed by atoms with Crippen molar-refractivity contribution in [2.24, 2.45) is 4.99 Å². The molecule has 1 aliphatic heterocycles. The molecule has 0 bridgehead atoms. The number of fused-ring (bicyclic) bond motifs is 1. The Bertz CT molecular complexity index is 1340. The maximum atomic E-state index is 11.4. The Morgan fingerprint density at radius 2 is 1.76 bits per heavy atom. The van der Waals surface area contributed by atoms with Crippen LogP contribution in [0.1, 0.15) is 29.5 Å². The zero-order chi connectivity index (χ0) is 23.5. The van der Waals surface area contributed by atoms with Crippen molar-refractivity contribution in [3.63, 3.8) is 0 Å². The molecule has 0 atom stereocenters. The fraction of sp³-hybridized carbons (Fsp3) is 0.222. The van der Waals surface area contributed by atoms with Gasteiger partial charge in [0, 0.05) is 35.1 Å². The first-order valence-corrected chi connectivity index (χ1v) is 11.5. The molecule has 1 fully saturated rings. The van der Waals surface area contributed by atoms with Crippen LogP contribution in [0.4, 0.5) is 11.4 Å². The summed E-state index contributed by atoms with van der Waals surface area (Å²) in [5.74, 6) is -0.0691. The van der Waals surface area contributed by atoms with Gasteiger partial charge in [0.1, 0.15) is 0 Å². The van der Waals surface area contributed by atoms with Crippen LogP contribution in [-0.2, 0) is 6.42 Å². The zero-order valence-corrected chi connectivity index (χ0v) is 18.8. The highest BCUT2D eigenvalue weighted by Crippen LogP contribution is 2.33. The average molecular weight is 455 g/mol. The van der Waals surface area contributed by atoms with Gasteiger partial charge in [0.2, 0.25) is 0 Å². The summed E-state index contributed by atoms with van der Waals surface area (Å²) in [4.78, 5) is 21.2. The second-order valence-corrected chi connectivity index (χ2v) is 8.63. The second kappa shape index (κ2) is 9.49. The van der Waals surface area contributed by atoms with Crippen LogP contribution in [0.5, 0.6) is 5.88 Å². The Morgan fingerprint density at radius 1 is 1.03 bits per heavy atom. The van der Waals surface area contributed by atoms with E-state index in [0.717, 1.165) is 24.2 Å². The lowest BCUT2D eigenvalue weighted by atomic mass is 10.0. The molecule has 1 aromatic heterocycles. The summed E-state index contributed by atoms with van der Waals surface area (Å²) >= 11 is 0. The normalized spacial score (nSPS) is 14.6. The third-order valence-electron chi connectivity index (χ3n) is 6.35. The van der Waals surface area contributed by atoms with Crippen molar-refractivity contribution in [2.75, 3.05) is 19.6 Å². The van der Waals surface area contributed by atoms with Gasteiger partial charge >= 0.3 is 0 Å². The van der Waals surface area contributed by atoms with Gasteiger partial charge in [0.25, 0.3) is 5.69 Å². The van der Waals surface area contributed by atoms with E-state index in [1.54, 1.807) is 6.07 Å². The molecule has 0 aliphatic carbocycles. The Hall–Kier alpha value is -3.97. The van der Waals surface area contributed by atoms with Crippen LogP contribution in [0.2, 0.25) is 0 Å². The Labute approximate surface area is 197 Å². The molecule has 2 N–H and O–H groups in total. The smallest absolute Gasteiger partial charge is 0.270 e. The highest BCUT2D eigenvalue weighted by atomic mass is 16.6. The molecule has 0 spiro atoms. The van der Waals surface area contributed by atoms with Crippen molar-refractivity contribution in [3.05, 3.63) is 99.6 Å². The molecule has 4 aromatic rings. The number of aromatic amines is 1. The van der Waals surface area contributed by atoms with Crippen LogP contribution in [0.15, 0.2) is 77.8 Å². The summed E-state index contributed by atoms with van der Waals surface area (Å²) in [5, 5.41) is 22.7. The molecule has 34 heavy (non-hydrogen) atoms. The van der Waals surface area contributed by atoms with Crippen molar-refractivity contribution >= 4 is 28.0 Å². The van der Waals surface area contributed by atoms with Crippen LogP contribution in [0, 0.1) is 10.1 Å². The van der Waals surface area contributed by atoms with Crippen LogP contribution in [0.3, 0.4) is 0 Å². The summed E-state index contributed by atoms with van der Waals surface area (Å²) in [6.07, 6.45) is 3.59. The van der Waals surface area contributed by atoms with Gasteiger partial charge in [-0.05, 0) is 56.1 Å². The largest absolute Gasteiger partial charge is 0.494 e. The number of hydrogen-bond acceptors (Lipinski definition) is 5. The van der Waals surface area contributed by atoms with Gasteiger partial charge in [-0.2, -0.15) is 0 Å². The number of aliphatic imine (C=N–C) groups is 1. The summed E-state index contributed by atoms with van der Waals surface area (Å²) in [7, 11) is 0. The number of aromatic hydroxyl groups is 1. The fourth-order valence-corrected chi connectivity index (χ4v) is 4.54. The quantitative estimate of drug-likeness (QED) is 0.216. The Kier molecular flexibility index (Phi) is 6.10. The molecule has 172 valence electrons. The van der Waals surface area contributed by atoms with E-state index in [1.165, 1.54) is 43.6 Å². The second-order valence-electron chi connectivity index (χ2n) is 8.63. The number of H-pyrrole nitrogens is 1. The Balaban J connectivity index is 1.53. The third kappa shape index (κ3) is 4.56. The van der Waals surface area contributed by atoms with Gasteiger partial charge in [-0.25, -0.2) is 4.99 Å². The predicted octanol–water partition coefficient (Wildman–Crippen LogP) is 5.59. The van der Waals surface area contributed by atoms with Gasteiger partial charge in [-0.1, -0.05) is 42.5 Å². The zero-order valence-electron chi connectivity index (χ0n) is 18.8. The number of hydrogen-bond donors (Lipinski definition) is 2. The first kappa shape index (κ1) is 21.9. The van der Waals surface area contributed by atoms with Gasteiger partial charge in [-0.3, -0.25) is 10.1 Å². The first-order chi connectivity index (χ1) is 16.6. The summed E-state index contributed by atoms with van der Waals surface area (Å²) in [5.41, 5.74) is 4.39. The van der Waals surface area contributed by atoms with Crippen molar-refractivity contribution in [1.82, 2.24) is 9.88 Å². The molecular formula is C27H26N4O3. The molecular weight excluding hydrogens is 428 g/mol. The van der Waals surface area contributed by atoms with Gasteiger partial charge in [0.05, 0.1) is 21.9 Å². The Morgan fingerprint density at radius 3 is 2.47 bits per heavy atom. The number of nitrogens with zero attached hydrogens (tertiary/aromatic N) is 3. The number of nitro benzene ring substituents is 1. The lowest BCUT2D eigenvalue weighted by molar-refractivity contribution is -0.384. The average Bonchev–Trinajstić information content (AvgIpc) is 3.49. The lowest BCUT2D eigenvalue weighted by Crippen LogP contribution is -2.21. The predicted molar refractivity (Wildman–Crippen MR) is 134 cm³/mol. The number of nitro groups is 1. The van der Waals surface area contributed by atoms with Gasteiger partial charge in [0.15, 0.2) is 5.88 Å². The molecule has 0 radical (unpaired) electrons. The van der Waals surface area contributed by atoms with Gasteiger partial charge in [-0.15, -0.1) is 0 Å². The minimum Gasteiger partial charge on any atom is -0.494 e. The maximum absolute atomic E-state index is 11.4. The maximum Gasteiger partial charge on any atom is 0.270 e. The molecule has 3 aromatic carbocycles. The van der Waals surface area contributed by atoms with Crippen LogP contribution < -0.4 is 0 Å². The van der Waals surface area contributed by atoms with E-state index in [-0.39, 0.29) is 11.6 Å². The summed E-state index contributed by atoms with van der Waals surface area (Å²) in [6.45, 7) is 3.45. The number of nitrogens with one attached hydrogen (secondary N) is 1. The summed E-state index contributed by atoms with van der Waals surface area (Å²) in [6, 6.07) is 22.2. The standard InChI is InChI=1S/C27H26N4O3/c32-27-25(23-18-22(31(33)34)12-13-24(23)29-27)26(20-6-2-1-3-7-20)28-21-10-8-19(9-11-21)14-17-30-15-4-5-16-30/h1-3,6-13,18,29,32H,4-5,14-17H2. The molecule has 0 amide bonds. The van der Waals surface area contributed by atoms with Crippen LogP contribution in [-0.4, -0.2) is 45.3 Å². The first-order valence-electron chi connectivity index (χ1n) is 11.5. The lowest BCUT2D eigenvalue weighted by Gasteiger charge is -2.14. The van der Waals surface area contributed by atoms with E-state index in [2.05, 4.69) is 22.0 Å². The van der Waals surface area contributed by atoms with E-state index in [4.69, 9.17) is 4.99 Å².